The van der Waals surface area contributed by atoms with E-state index in [1.807, 2.05) is 0 Å². The first-order chi connectivity index (χ1) is 25.4. The molecule has 0 N–H and O–H groups in total. The summed E-state index contributed by atoms with van der Waals surface area (Å²) in [5, 5.41) is 1.49. The van der Waals surface area contributed by atoms with Gasteiger partial charge in [0, 0.05) is 22.0 Å². The third kappa shape index (κ3) is 10.4. The molecule has 0 atom stereocenters. The summed E-state index contributed by atoms with van der Waals surface area (Å²) < 4.78 is 0. The zero-order valence-corrected chi connectivity index (χ0v) is 34.7. The van der Waals surface area contributed by atoms with E-state index >= 15 is 0 Å². The van der Waals surface area contributed by atoms with Crippen molar-refractivity contribution in [1.82, 2.24) is 0 Å². The predicted octanol–water partition coefficient (Wildman–Crippen LogP) is 14.0. The van der Waals surface area contributed by atoms with Crippen molar-refractivity contribution >= 4 is 88.6 Å². The Morgan fingerprint density at radius 3 is 0.981 bits per heavy atom. The molecule has 0 spiro atoms. The maximum absolute atomic E-state index is 2.39. The Bertz CT molecular complexity index is 2050. The van der Waals surface area contributed by atoms with Crippen molar-refractivity contribution in [3.63, 3.8) is 0 Å². The Hall–Kier alpha value is -4.74. The molecule has 0 unspecified atom stereocenters. The molecule has 0 fully saturated rings. The fourth-order valence-corrected chi connectivity index (χ4v) is 8.55. The van der Waals surface area contributed by atoms with E-state index in [9.17, 15) is 0 Å². The van der Waals surface area contributed by atoms with Crippen LogP contribution in [-0.4, -0.2) is 33.1 Å². The summed E-state index contributed by atoms with van der Waals surface area (Å²) >= 11 is 1.76. The fraction of sp³-hybridized carbons (Fsp3) is 0.143. The van der Waals surface area contributed by atoms with Gasteiger partial charge >= 0.3 is 0 Å². The highest BCUT2D eigenvalue weighted by Gasteiger charge is 2.15. The molecular formula is C49H51NS2Si. The molecule has 0 aliphatic carbocycles. The highest BCUT2D eigenvalue weighted by molar-refractivity contribution is 8.32. The van der Waals surface area contributed by atoms with Gasteiger partial charge in [-0.25, -0.2) is 10.0 Å². The van der Waals surface area contributed by atoms with Gasteiger partial charge in [0.2, 0.25) is 0 Å². The fourth-order valence-electron chi connectivity index (χ4n) is 6.02. The van der Waals surface area contributed by atoms with Crippen LogP contribution in [0.4, 0.5) is 17.1 Å². The van der Waals surface area contributed by atoms with Gasteiger partial charge in [-0.15, -0.1) is 11.8 Å². The van der Waals surface area contributed by atoms with Gasteiger partial charge in [0.15, 0.2) is 0 Å². The minimum atomic E-state index is -1.31. The summed E-state index contributed by atoms with van der Waals surface area (Å²) in [5.74, 6) is 0. The van der Waals surface area contributed by atoms with E-state index in [1.54, 1.807) is 11.8 Å². The van der Waals surface area contributed by atoms with Crippen molar-refractivity contribution in [1.29, 1.82) is 0 Å². The largest absolute Gasteiger partial charge is 0.311 e. The highest BCUT2D eigenvalue weighted by Crippen LogP contribution is 2.45. The van der Waals surface area contributed by atoms with Crippen molar-refractivity contribution in [3.8, 4) is 0 Å². The van der Waals surface area contributed by atoms with Crippen molar-refractivity contribution in [2.45, 2.75) is 29.4 Å². The standard InChI is InChI=1S/C49H51NS2Si/c1-51-47-32-20-41(21-33-47)11-8-38-14-26-44(27-15-38)50(45-28-16-39(17-29-45)9-12-42-22-34-48(35-23-42)52(2,3)4)46-30-18-40(19-31-46)10-13-43-24-36-49(37-25-43)53(5,6)7/h8-37H,1-7H3/b11-8+,12-9+,13-10+. The number of thioether (sulfide) groups is 1. The Kier molecular flexibility index (Phi) is 12.1. The molecule has 4 heteroatoms. The maximum atomic E-state index is 2.39. The van der Waals surface area contributed by atoms with Gasteiger partial charge < -0.3 is 4.90 Å². The first-order valence-electron chi connectivity index (χ1n) is 18.1. The molecule has 53 heavy (non-hydrogen) atoms. The Morgan fingerprint density at radius 2 is 0.698 bits per heavy atom. The zero-order chi connectivity index (χ0) is 37.4. The molecule has 0 bridgehead atoms. The third-order valence-electron chi connectivity index (χ3n) is 9.34. The zero-order valence-electron chi connectivity index (χ0n) is 32.1. The van der Waals surface area contributed by atoms with Gasteiger partial charge in [0.05, 0.1) is 8.07 Å². The first kappa shape index (κ1) is 38.0. The molecule has 0 heterocycles. The molecule has 0 saturated heterocycles. The molecule has 0 amide bonds. The average molecular weight is 746 g/mol. The minimum absolute atomic E-state index is 0.723. The maximum Gasteiger partial charge on any atom is 0.0775 e. The van der Waals surface area contributed by atoms with E-state index in [0.717, 1.165) is 17.1 Å². The summed E-state index contributed by atoms with van der Waals surface area (Å²) in [4.78, 5) is 5.04. The Labute approximate surface area is 325 Å². The number of hydrogen-bond donors (Lipinski definition) is 0. The smallest absolute Gasteiger partial charge is 0.0775 e. The number of benzene rings is 6. The van der Waals surface area contributed by atoms with E-state index in [0.29, 0.717) is 0 Å². The molecule has 0 aliphatic rings. The molecular weight excluding hydrogens is 695 g/mol. The number of rotatable bonds is 12. The summed E-state index contributed by atoms with van der Waals surface area (Å²) in [6.07, 6.45) is 22.3. The number of anilines is 3. The topological polar surface area (TPSA) is 3.24 Å². The van der Waals surface area contributed by atoms with Gasteiger partial charge in [-0.1, -0.05) is 146 Å². The quantitative estimate of drug-likeness (QED) is 0.0697. The Morgan fingerprint density at radius 1 is 0.415 bits per heavy atom. The summed E-state index contributed by atoms with van der Waals surface area (Å²) in [6.45, 7) is 7.17. The van der Waals surface area contributed by atoms with Crippen molar-refractivity contribution in [2.75, 3.05) is 29.9 Å². The van der Waals surface area contributed by atoms with Crippen LogP contribution in [0.5, 0.6) is 0 Å². The second-order valence-electron chi connectivity index (χ2n) is 15.2. The van der Waals surface area contributed by atoms with Crippen molar-refractivity contribution in [3.05, 3.63) is 179 Å². The Balaban J connectivity index is 1.24. The van der Waals surface area contributed by atoms with Gasteiger partial charge in [0.25, 0.3) is 0 Å². The molecule has 6 aromatic rings. The third-order valence-corrected chi connectivity index (χ3v) is 13.8. The average Bonchev–Trinajstić information content (AvgIpc) is 3.17. The van der Waals surface area contributed by atoms with Gasteiger partial charge in [-0.3, -0.25) is 0 Å². The summed E-state index contributed by atoms with van der Waals surface area (Å²) in [6, 6.07) is 53.3. The number of nitrogens with zero attached hydrogens (tertiary/aromatic N) is 1. The van der Waals surface area contributed by atoms with Crippen LogP contribution in [0.25, 0.3) is 36.5 Å². The van der Waals surface area contributed by atoms with Gasteiger partial charge in [-0.05, 0) is 124 Å². The highest BCUT2D eigenvalue weighted by atomic mass is 32.3. The molecule has 1 nitrogen and oxygen atoms in total. The molecule has 6 aromatic carbocycles. The number of hydrogen-bond acceptors (Lipinski definition) is 2. The summed E-state index contributed by atoms with van der Waals surface area (Å²) in [5.41, 5.74) is 10.5. The molecule has 0 aliphatic heterocycles. The normalized spacial score (nSPS) is 12.6. The van der Waals surface area contributed by atoms with Crippen LogP contribution in [0, 0.1) is 0 Å². The van der Waals surface area contributed by atoms with Crippen LogP contribution in [0.3, 0.4) is 0 Å². The van der Waals surface area contributed by atoms with Crippen LogP contribution in [0.15, 0.2) is 155 Å². The first-order valence-corrected chi connectivity index (χ1v) is 25.7. The molecule has 268 valence electrons. The second kappa shape index (κ2) is 16.9. The van der Waals surface area contributed by atoms with Crippen LogP contribution in [0.2, 0.25) is 19.6 Å². The van der Waals surface area contributed by atoms with Crippen molar-refractivity contribution in [2.24, 2.45) is 0 Å². The molecule has 0 aromatic heterocycles. The second-order valence-corrected chi connectivity index (χ2v) is 25.3. The van der Waals surface area contributed by atoms with E-state index in [2.05, 4.69) is 232 Å². The van der Waals surface area contributed by atoms with Crippen LogP contribution >= 0.6 is 21.8 Å². The van der Waals surface area contributed by atoms with E-state index < -0.39 is 18.1 Å². The van der Waals surface area contributed by atoms with Crippen molar-refractivity contribution < 1.29 is 0 Å². The lowest BCUT2D eigenvalue weighted by Gasteiger charge is -2.26. The predicted molar refractivity (Wildman–Crippen MR) is 246 cm³/mol. The van der Waals surface area contributed by atoms with E-state index in [4.69, 9.17) is 0 Å². The van der Waals surface area contributed by atoms with Gasteiger partial charge in [0.1, 0.15) is 0 Å². The lowest BCUT2D eigenvalue weighted by molar-refractivity contribution is 1.28. The molecule has 0 radical (unpaired) electrons. The van der Waals surface area contributed by atoms with E-state index in [-0.39, 0.29) is 0 Å². The van der Waals surface area contributed by atoms with Gasteiger partial charge in [-0.2, -0.15) is 0 Å². The lowest BCUT2D eigenvalue weighted by Crippen LogP contribution is -2.37. The van der Waals surface area contributed by atoms with E-state index in [1.165, 1.54) is 48.4 Å². The monoisotopic (exact) mass is 745 g/mol. The minimum Gasteiger partial charge on any atom is -0.311 e. The van der Waals surface area contributed by atoms with Crippen LogP contribution in [0.1, 0.15) is 33.4 Å². The SMILES string of the molecule is CSc1ccc(/C=C/c2ccc(N(c3ccc(/C=C/c4ccc([Si](C)(C)C)cc4)cc3)c3ccc(/C=C/c4ccc(S(C)(C)C)cc4)cc3)cc2)cc1. The summed E-state index contributed by atoms with van der Waals surface area (Å²) in [7, 11) is -2.03. The lowest BCUT2D eigenvalue weighted by atomic mass is 10.1. The molecule has 0 saturated carbocycles. The van der Waals surface area contributed by atoms with Crippen LogP contribution in [-0.2, 0) is 0 Å². The molecule has 6 rings (SSSR count). The van der Waals surface area contributed by atoms with Crippen LogP contribution < -0.4 is 10.1 Å².